The maximum absolute atomic E-state index is 13.0. The van der Waals surface area contributed by atoms with Crippen LogP contribution in [0.5, 0.6) is 0 Å². The molecule has 1 aromatic carbocycles. The molecule has 0 radical (unpaired) electrons. The largest absolute Gasteiger partial charge is 0.280 e. The van der Waals surface area contributed by atoms with Gasteiger partial charge in [-0.1, -0.05) is 30.3 Å². The van der Waals surface area contributed by atoms with Crippen molar-refractivity contribution in [1.82, 2.24) is 14.6 Å². The summed E-state index contributed by atoms with van der Waals surface area (Å²) in [5.74, 6) is 0. The number of hydrogen-bond acceptors (Lipinski definition) is 2. The van der Waals surface area contributed by atoms with E-state index in [0.717, 1.165) is 10.1 Å². The Balaban J connectivity index is 2.25. The maximum Gasteiger partial charge on any atom is 0.280 e. The molecule has 18 heavy (non-hydrogen) atoms. The molecule has 0 amide bonds. The number of benzene rings is 1. The van der Waals surface area contributed by atoms with Crippen LogP contribution >= 0.6 is 0 Å². The first kappa shape index (κ1) is 10.8. The number of nitrogens with zero attached hydrogens (tertiary/aromatic N) is 3. The molecule has 0 N–H and O–H groups in total. The fraction of sp³-hybridized carbons (Fsp3) is 0.0769. The summed E-state index contributed by atoms with van der Waals surface area (Å²) in [4.78, 5) is 4.32. The molecule has 90 valence electrons. The summed E-state index contributed by atoms with van der Waals surface area (Å²) in [7, 11) is 0. The number of halogens is 2. The molecule has 2 aromatic heterocycles. The molecule has 3 aromatic rings. The van der Waals surface area contributed by atoms with E-state index in [9.17, 15) is 8.78 Å². The Morgan fingerprint density at radius 1 is 1.06 bits per heavy atom. The van der Waals surface area contributed by atoms with Crippen molar-refractivity contribution in [2.45, 2.75) is 6.43 Å². The Bertz CT molecular complexity index is 677. The van der Waals surface area contributed by atoms with Crippen molar-refractivity contribution >= 4 is 5.65 Å². The van der Waals surface area contributed by atoms with Gasteiger partial charge in [0.2, 0.25) is 0 Å². The van der Waals surface area contributed by atoms with Gasteiger partial charge in [0.15, 0.2) is 5.65 Å². The normalized spacial score (nSPS) is 11.3. The fourth-order valence-corrected chi connectivity index (χ4v) is 1.85. The van der Waals surface area contributed by atoms with Gasteiger partial charge in [0.25, 0.3) is 6.43 Å². The van der Waals surface area contributed by atoms with Gasteiger partial charge in [0.05, 0.1) is 11.9 Å². The molecule has 0 aliphatic carbocycles. The standard InChI is InChI=1S/C13H9F2N3/c14-13(15)11-8-10(9-4-2-1-3-5-9)17-12-6-7-16-18(11)12/h1-8,13H. The number of fused-ring (bicyclic) bond motifs is 1. The summed E-state index contributed by atoms with van der Waals surface area (Å²) in [5.41, 5.74) is 1.61. The highest BCUT2D eigenvalue weighted by atomic mass is 19.3. The average Bonchev–Trinajstić information content (AvgIpc) is 2.86. The van der Waals surface area contributed by atoms with E-state index in [1.807, 2.05) is 30.3 Å². The summed E-state index contributed by atoms with van der Waals surface area (Å²) >= 11 is 0. The molecule has 0 aliphatic rings. The van der Waals surface area contributed by atoms with Crippen molar-refractivity contribution in [1.29, 1.82) is 0 Å². The van der Waals surface area contributed by atoms with E-state index in [0.29, 0.717) is 11.3 Å². The highest BCUT2D eigenvalue weighted by Crippen LogP contribution is 2.25. The van der Waals surface area contributed by atoms with Gasteiger partial charge in [0, 0.05) is 11.6 Å². The van der Waals surface area contributed by atoms with Crippen LogP contribution in [-0.4, -0.2) is 14.6 Å². The van der Waals surface area contributed by atoms with Crippen molar-refractivity contribution < 1.29 is 8.78 Å². The van der Waals surface area contributed by atoms with Gasteiger partial charge >= 0.3 is 0 Å². The second-order valence-corrected chi connectivity index (χ2v) is 3.83. The van der Waals surface area contributed by atoms with Crippen molar-refractivity contribution in [3.8, 4) is 11.3 Å². The molecule has 5 heteroatoms. The van der Waals surface area contributed by atoms with Crippen LogP contribution in [0.4, 0.5) is 8.78 Å². The SMILES string of the molecule is FC(F)c1cc(-c2ccccc2)nc2ccnn12. The Kier molecular flexibility index (Phi) is 2.51. The molecular weight excluding hydrogens is 236 g/mol. The van der Waals surface area contributed by atoms with Crippen molar-refractivity contribution in [3.05, 3.63) is 54.4 Å². The van der Waals surface area contributed by atoms with Gasteiger partial charge in [-0.15, -0.1) is 0 Å². The van der Waals surface area contributed by atoms with Gasteiger partial charge in [-0.3, -0.25) is 0 Å². The van der Waals surface area contributed by atoms with Gasteiger partial charge < -0.3 is 0 Å². The Hall–Kier alpha value is -2.30. The first-order chi connectivity index (χ1) is 8.75. The Labute approximate surface area is 102 Å². The van der Waals surface area contributed by atoms with Crippen LogP contribution in [0.25, 0.3) is 16.9 Å². The number of alkyl halides is 2. The molecule has 3 rings (SSSR count). The lowest BCUT2D eigenvalue weighted by molar-refractivity contribution is 0.143. The zero-order valence-electron chi connectivity index (χ0n) is 9.29. The predicted molar refractivity (Wildman–Crippen MR) is 63.4 cm³/mol. The summed E-state index contributed by atoms with van der Waals surface area (Å²) in [6.07, 6.45) is -1.12. The van der Waals surface area contributed by atoms with Gasteiger partial charge in [-0.2, -0.15) is 5.10 Å². The van der Waals surface area contributed by atoms with E-state index in [-0.39, 0.29) is 5.69 Å². The van der Waals surface area contributed by atoms with Crippen LogP contribution in [0.3, 0.4) is 0 Å². The first-order valence-corrected chi connectivity index (χ1v) is 5.44. The lowest BCUT2D eigenvalue weighted by Gasteiger charge is -2.07. The molecule has 2 heterocycles. The van der Waals surface area contributed by atoms with Crippen LogP contribution in [0.15, 0.2) is 48.7 Å². The quantitative estimate of drug-likeness (QED) is 0.693. The predicted octanol–water partition coefficient (Wildman–Crippen LogP) is 3.33. The summed E-state index contributed by atoms with van der Waals surface area (Å²) in [6.45, 7) is 0. The highest BCUT2D eigenvalue weighted by Gasteiger charge is 2.15. The second kappa shape index (κ2) is 4.18. The molecule has 0 saturated carbocycles. The Morgan fingerprint density at radius 3 is 2.56 bits per heavy atom. The van der Waals surface area contributed by atoms with Crippen LogP contribution in [0.1, 0.15) is 12.1 Å². The van der Waals surface area contributed by atoms with Crippen molar-refractivity contribution in [3.63, 3.8) is 0 Å². The molecular formula is C13H9F2N3. The zero-order chi connectivity index (χ0) is 12.5. The van der Waals surface area contributed by atoms with E-state index in [2.05, 4.69) is 10.1 Å². The number of hydrogen-bond donors (Lipinski definition) is 0. The third kappa shape index (κ3) is 1.73. The van der Waals surface area contributed by atoms with Crippen LogP contribution in [0, 0.1) is 0 Å². The van der Waals surface area contributed by atoms with E-state index in [4.69, 9.17) is 0 Å². The molecule has 3 nitrogen and oxygen atoms in total. The van der Waals surface area contributed by atoms with Gasteiger partial charge in [-0.25, -0.2) is 18.3 Å². The van der Waals surface area contributed by atoms with E-state index < -0.39 is 6.43 Å². The molecule has 0 saturated heterocycles. The van der Waals surface area contributed by atoms with Crippen molar-refractivity contribution in [2.75, 3.05) is 0 Å². The zero-order valence-corrected chi connectivity index (χ0v) is 9.29. The average molecular weight is 245 g/mol. The second-order valence-electron chi connectivity index (χ2n) is 3.83. The van der Waals surface area contributed by atoms with Crippen LogP contribution in [-0.2, 0) is 0 Å². The first-order valence-electron chi connectivity index (χ1n) is 5.44. The Morgan fingerprint density at radius 2 is 1.83 bits per heavy atom. The minimum atomic E-state index is -2.59. The number of rotatable bonds is 2. The molecule has 0 bridgehead atoms. The minimum absolute atomic E-state index is 0.149. The topological polar surface area (TPSA) is 30.2 Å². The van der Waals surface area contributed by atoms with E-state index in [1.54, 1.807) is 6.07 Å². The number of aromatic nitrogens is 3. The lowest BCUT2D eigenvalue weighted by atomic mass is 10.1. The third-order valence-corrected chi connectivity index (χ3v) is 2.68. The van der Waals surface area contributed by atoms with E-state index >= 15 is 0 Å². The van der Waals surface area contributed by atoms with E-state index in [1.165, 1.54) is 12.3 Å². The lowest BCUT2D eigenvalue weighted by Crippen LogP contribution is -2.02. The molecule has 0 unspecified atom stereocenters. The molecule has 0 atom stereocenters. The molecule has 0 aliphatic heterocycles. The smallest absolute Gasteiger partial charge is 0.229 e. The van der Waals surface area contributed by atoms with Crippen molar-refractivity contribution in [2.24, 2.45) is 0 Å². The summed E-state index contributed by atoms with van der Waals surface area (Å²) in [5, 5.41) is 3.85. The van der Waals surface area contributed by atoms with Crippen LogP contribution < -0.4 is 0 Å². The molecule has 0 fully saturated rings. The fourth-order valence-electron chi connectivity index (χ4n) is 1.85. The molecule has 0 spiro atoms. The summed E-state index contributed by atoms with van der Waals surface area (Å²) < 4.78 is 27.1. The minimum Gasteiger partial charge on any atom is -0.229 e. The highest BCUT2D eigenvalue weighted by molar-refractivity contribution is 5.62. The van der Waals surface area contributed by atoms with Gasteiger partial charge in [-0.05, 0) is 6.07 Å². The third-order valence-electron chi connectivity index (χ3n) is 2.68. The monoisotopic (exact) mass is 245 g/mol. The summed E-state index contributed by atoms with van der Waals surface area (Å²) in [6, 6.07) is 12.2. The van der Waals surface area contributed by atoms with Crippen LogP contribution in [0.2, 0.25) is 0 Å². The maximum atomic E-state index is 13.0. The van der Waals surface area contributed by atoms with Gasteiger partial charge in [0.1, 0.15) is 5.69 Å².